The van der Waals surface area contributed by atoms with E-state index in [1.165, 1.54) is 25.9 Å². The number of aliphatic hydroxyl groups excluding tert-OH is 1. The standard InChI is InChI=1S/C18H37N3O/c1-17(2,3)19-9-7-15(8-10-19)21-12-11-20(18(4,5)6)13-16(21)14-22/h15-16,22H,7-14H2,1-6H3/t16-/m1/s1. The molecule has 2 heterocycles. The summed E-state index contributed by atoms with van der Waals surface area (Å²) in [6.45, 7) is 19.6. The molecule has 2 saturated heterocycles. The van der Waals surface area contributed by atoms with Crippen LogP contribution in [0.2, 0.25) is 0 Å². The summed E-state index contributed by atoms with van der Waals surface area (Å²) >= 11 is 0. The number of likely N-dealkylation sites (tertiary alicyclic amines) is 1. The van der Waals surface area contributed by atoms with Crippen LogP contribution in [-0.4, -0.2) is 82.3 Å². The summed E-state index contributed by atoms with van der Waals surface area (Å²) < 4.78 is 0. The van der Waals surface area contributed by atoms with Crippen LogP contribution in [0.5, 0.6) is 0 Å². The maximum absolute atomic E-state index is 9.88. The summed E-state index contributed by atoms with van der Waals surface area (Å²) in [5.41, 5.74) is 0.487. The summed E-state index contributed by atoms with van der Waals surface area (Å²) in [4.78, 5) is 7.72. The highest BCUT2D eigenvalue weighted by Gasteiger charge is 2.37. The van der Waals surface area contributed by atoms with E-state index in [4.69, 9.17) is 0 Å². The molecular weight excluding hydrogens is 274 g/mol. The van der Waals surface area contributed by atoms with Crippen LogP contribution in [0, 0.1) is 0 Å². The van der Waals surface area contributed by atoms with Gasteiger partial charge in [0, 0.05) is 55.9 Å². The van der Waals surface area contributed by atoms with Crippen LogP contribution < -0.4 is 0 Å². The summed E-state index contributed by atoms with van der Waals surface area (Å²) in [5.74, 6) is 0. The van der Waals surface area contributed by atoms with Crippen molar-refractivity contribution in [2.75, 3.05) is 39.3 Å². The van der Waals surface area contributed by atoms with Crippen molar-refractivity contribution in [2.45, 2.75) is 77.5 Å². The third-order valence-electron chi connectivity index (χ3n) is 5.57. The Kier molecular flexibility index (Phi) is 5.59. The molecule has 4 heteroatoms. The van der Waals surface area contributed by atoms with E-state index in [-0.39, 0.29) is 17.7 Å². The molecule has 0 aliphatic carbocycles. The number of piperidine rings is 1. The molecule has 0 aromatic rings. The third kappa shape index (κ3) is 4.22. The Hall–Kier alpha value is -0.160. The van der Waals surface area contributed by atoms with Gasteiger partial charge in [-0.25, -0.2) is 0 Å². The van der Waals surface area contributed by atoms with Crippen LogP contribution in [0.3, 0.4) is 0 Å². The molecule has 0 radical (unpaired) electrons. The minimum absolute atomic E-state index is 0.203. The Morgan fingerprint density at radius 1 is 0.818 bits per heavy atom. The predicted molar refractivity (Wildman–Crippen MR) is 93.3 cm³/mol. The molecule has 2 fully saturated rings. The van der Waals surface area contributed by atoms with Gasteiger partial charge in [0.05, 0.1) is 6.61 Å². The molecule has 22 heavy (non-hydrogen) atoms. The Balaban J connectivity index is 1.93. The van der Waals surface area contributed by atoms with Gasteiger partial charge < -0.3 is 5.11 Å². The number of aliphatic hydroxyl groups is 1. The van der Waals surface area contributed by atoms with Crippen LogP contribution >= 0.6 is 0 Å². The average Bonchev–Trinajstić information content (AvgIpc) is 2.45. The first kappa shape index (κ1) is 18.2. The smallest absolute Gasteiger partial charge is 0.0599 e. The molecule has 0 amide bonds. The van der Waals surface area contributed by atoms with Gasteiger partial charge in [0.15, 0.2) is 0 Å². The average molecular weight is 312 g/mol. The van der Waals surface area contributed by atoms with Gasteiger partial charge in [-0.1, -0.05) is 0 Å². The molecule has 0 bridgehead atoms. The maximum atomic E-state index is 9.88. The van der Waals surface area contributed by atoms with E-state index in [1.54, 1.807) is 0 Å². The lowest BCUT2D eigenvalue weighted by Gasteiger charge is -2.51. The fraction of sp³-hybridized carbons (Fsp3) is 1.00. The first-order chi connectivity index (χ1) is 10.1. The summed E-state index contributed by atoms with van der Waals surface area (Å²) in [7, 11) is 0. The SMILES string of the molecule is CC(C)(C)N1CCC(N2CCN(C(C)(C)C)C[C@@H]2CO)CC1. The van der Waals surface area contributed by atoms with Gasteiger partial charge in [0.1, 0.15) is 0 Å². The fourth-order valence-corrected chi connectivity index (χ4v) is 3.99. The zero-order valence-corrected chi connectivity index (χ0v) is 15.6. The predicted octanol–water partition coefficient (Wildman–Crippen LogP) is 2.03. The zero-order valence-electron chi connectivity index (χ0n) is 15.6. The molecule has 1 atom stereocenters. The maximum Gasteiger partial charge on any atom is 0.0599 e. The van der Waals surface area contributed by atoms with Crippen LogP contribution in [0.25, 0.3) is 0 Å². The van der Waals surface area contributed by atoms with E-state index in [0.29, 0.717) is 12.1 Å². The minimum Gasteiger partial charge on any atom is -0.395 e. The molecule has 2 rings (SSSR count). The largest absolute Gasteiger partial charge is 0.395 e. The Bertz CT molecular complexity index is 350. The van der Waals surface area contributed by atoms with Gasteiger partial charge in [0.2, 0.25) is 0 Å². The van der Waals surface area contributed by atoms with E-state index in [1.807, 2.05) is 0 Å². The number of hydrogen-bond acceptors (Lipinski definition) is 4. The molecule has 0 unspecified atom stereocenters. The van der Waals surface area contributed by atoms with E-state index in [0.717, 1.165) is 19.6 Å². The minimum atomic E-state index is 0.203. The van der Waals surface area contributed by atoms with E-state index >= 15 is 0 Å². The summed E-state index contributed by atoms with van der Waals surface area (Å²) in [6.07, 6.45) is 2.48. The van der Waals surface area contributed by atoms with Crippen molar-refractivity contribution in [2.24, 2.45) is 0 Å². The second-order valence-corrected chi connectivity index (χ2v) is 9.08. The van der Waals surface area contributed by atoms with Gasteiger partial charge in [0.25, 0.3) is 0 Å². The zero-order chi connectivity index (χ0) is 16.5. The van der Waals surface area contributed by atoms with Crippen molar-refractivity contribution in [1.29, 1.82) is 0 Å². The van der Waals surface area contributed by atoms with Gasteiger partial charge in [-0.05, 0) is 54.4 Å². The third-order valence-corrected chi connectivity index (χ3v) is 5.57. The van der Waals surface area contributed by atoms with Gasteiger partial charge in [-0.2, -0.15) is 0 Å². The van der Waals surface area contributed by atoms with E-state index in [2.05, 4.69) is 56.2 Å². The van der Waals surface area contributed by atoms with Gasteiger partial charge in [-0.15, -0.1) is 0 Å². The summed E-state index contributed by atoms with van der Waals surface area (Å²) in [6, 6.07) is 0.956. The number of hydrogen-bond donors (Lipinski definition) is 1. The van der Waals surface area contributed by atoms with Crippen LogP contribution in [0.1, 0.15) is 54.4 Å². The van der Waals surface area contributed by atoms with Crippen LogP contribution in [-0.2, 0) is 0 Å². The first-order valence-electron chi connectivity index (χ1n) is 8.99. The van der Waals surface area contributed by atoms with Crippen molar-refractivity contribution in [3.63, 3.8) is 0 Å². The molecule has 1 N–H and O–H groups in total. The Morgan fingerprint density at radius 3 is 1.82 bits per heavy atom. The fourth-order valence-electron chi connectivity index (χ4n) is 3.99. The van der Waals surface area contributed by atoms with Crippen molar-refractivity contribution >= 4 is 0 Å². The Labute approximate surface area is 137 Å². The van der Waals surface area contributed by atoms with Crippen molar-refractivity contribution < 1.29 is 5.11 Å². The molecule has 130 valence electrons. The molecule has 0 aromatic carbocycles. The summed E-state index contributed by atoms with van der Waals surface area (Å²) in [5, 5.41) is 9.88. The monoisotopic (exact) mass is 311 g/mol. The highest BCUT2D eigenvalue weighted by Crippen LogP contribution is 2.27. The first-order valence-corrected chi connectivity index (χ1v) is 8.99. The van der Waals surface area contributed by atoms with Crippen molar-refractivity contribution in [1.82, 2.24) is 14.7 Å². The highest BCUT2D eigenvalue weighted by atomic mass is 16.3. The van der Waals surface area contributed by atoms with Gasteiger partial charge >= 0.3 is 0 Å². The van der Waals surface area contributed by atoms with E-state index in [9.17, 15) is 5.11 Å². The molecule has 0 saturated carbocycles. The second-order valence-electron chi connectivity index (χ2n) is 9.08. The van der Waals surface area contributed by atoms with Crippen molar-refractivity contribution in [3.05, 3.63) is 0 Å². The van der Waals surface area contributed by atoms with Crippen molar-refractivity contribution in [3.8, 4) is 0 Å². The topological polar surface area (TPSA) is 30.0 Å². The van der Waals surface area contributed by atoms with Crippen LogP contribution in [0.15, 0.2) is 0 Å². The lowest BCUT2D eigenvalue weighted by atomic mass is 9.94. The second kappa shape index (κ2) is 6.76. The lowest BCUT2D eigenvalue weighted by molar-refractivity contribution is -0.0394. The molecular formula is C18H37N3O. The normalized spacial score (nSPS) is 28.2. The van der Waals surface area contributed by atoms with E-state index < -0.39 is 0 Å². The molecule has 2 aliphatic rings. The molecule has 0 aromatic heterocycles. The number of rotatable bonds is 2. The molecule has 0 spiro atoms. The van der Waals surface area contributed by atoms with Gasteiger partial charge in [-0.3, -0.25) is 14.7 Å². The van der Waals surface area contributed by atoms with Crippen LogP contribution in [0.4, 0.5) is 0 Å². The highest BCUT2D eigenvalue weighted by molar-refractivity contribution is 4.93. The number of piperazine rings is 1. The lowest BCUT2D eigenvalue weighted by Crippen LogP contribution is -2.63. The molecule has 4 nitrogen and oxygen atoms in total. The quantitative estimate of drug-likeness (QED) is 0.845. The number of nitrogens with zero attached hydrogens (tertiary/aromatic N) is 3. The Morgan fingerprint density at radius 2 is 1.36 bits per heavy atom. The molecule has 2 aliphatic heterocycles.